The topological polar surface area (TPSA) is 94.0 Å². The van der Waals surface area contributed by atoms with Gasteiger partial charge in [-0.2, -0.15) is 4.68 Å². The van der Waals surface area contributed by atoms with Gasteiger partial charge in [-0.3, -0.25) is 4.79 Å². The molecule has 0 fully saturated rings. The number of hydrogen-bond donors (Lipinski definition) is 2. The van der Waals surface area contributed by atoms with Crippen LogP contribution in [0, 0.1) is 27.7 Å². The van der Waals surface area contributed by atoms with E-state index in [0.717, 1.165) is 28.1 Å². The lowest BCUT2D eigenvalue weighted by Crippen LogP contribution is -2.31. The molecule has 3 aromatic carbocycles. The largest absolute Gasteiger partial charge is 0.489 e. The Labute approximate surface area is 216 Å². The molecule has 8 nitrogen and oxygen atoms in total. The molecule has 0 bridgehead atoms. The average Bonchev–Trinajstić information content (AvgIpc) is 3.34. The molecular formula is C29H30N6O2. The molecule has 4 aromatic rings. The Bertz CT molecular complexity index is 1490. The van der Waals surface area contributed by atoms with E-state index in [4.69, 9.17) is 4.74 Å². The molecule has 5 rings (SSSR count). The van der Waals surface area contributed by atoms with Crippen LogP contribution in [0.5, 0.6) is 5.75 Å². The minimum absolute atomic E-state index is 0.217. The minimum atomic E-state index is -0.493. The molecule has 188 valence electrons. The molecule has 1 aliphatic heterocycles. The molecule has 1 atom stereocenters. The molecule has 0 aliphatic carbocycles. The summed E-state index contributed by atoms with van der Waals surface area (Å²) >= 11 is 0. The third-order valence-corrected chi connectivity index (χ3v) is 6.81. The van der Waals surface area contributed by atoms with Crippen molar-refractivity contribution in [2.24, 2.45) is 0 Å². The van der Waals surface area contributed by atoms with E-state index in [1.54, 1.807) is 4.68 Å². The van der Waals surface area contributed by atoms with Crippen LogP contribution in [-0.4, -0.2) is 26.1 Å². The number of anilines is 2. The number of fused-ring (bicyclic) bond motifs is 1. The Morgan fingerprint density at radius 2 is 1.65 bits per heavy atom. The highest BCUT2D eigenvalue weighted by molar-refractivity contribution is 6.06. The molecule has 2 heterocycles. The Kier molecular flexibility index (Phi) is 6.48. The van der Waals surface area contributed by atoms with Crippen molar-refractivity contribution in [1.82, 2.24) is 20.2 Å². The van der Waals surface area contributed by atoms with Gasteiger partial charge in [0, 0.05) is 11.4 Å². The van der Waals surface area contributed by atoms with Crippen molar-refractivity contribution < 1.29 is 9.53 Å². The number of aromatic nitrogens is 4. The Morgan fingerprint density at radius 3 is 2.38 bits per heavy atom. The van der Waals surface area contributed by atoms with Gasteiger partial charge in [-0.05, 0) is 97.1 Å². The first-order valence-electron chi connectivity index (χ1n) is 12.2. The van der Waals surface area contributed by atoms with Crippen LogP contribution in [0.2, 0.25) is 0 Å². The highest BCUT2D eigenvalue weighted by Crippen LogP contribution is 2.35. The van der Waals surface area contributed by atoms with Gasteiger partial charge in [0.05, 0.1) is 5.57 Å². The van der Waals surface area contributed by atoms with Gasteiger partial charge in [0.15, 0.2) is 0 Å². The summed E-state index contributed by atoms with van der Waals surface area (Å²) in [5.41, 5.74) is 8.87. The zero-order chi connectivity index (χ0) is 26.1. The number of hydrogen-bond acceptors (Lipinski definition) is 6. The monoisotopic (exact) mass is 494 g/mol. The van der Waals surface area contributed by atoms with Gasteiger partial charge in [-0.1, -0.05) is 47.1 Å². The third-order valence-electron chi connectivity index (χ3n) is 6.81. The van der Waals surface area contributed by atoms with Gasteiger partial charge in [0.25, 0.3) is 5.91 Å². The number of nitrogens with zero attached hydrogens (tertiary/aromatic N) is 4. The standard InChI is InChI=1S/C29H30N6O2/c1-17-6-10-24(11-7-17)31-28(36)26-21(5)30-29-32-33-34-35(29)27(26)22-8-12-25(13-9-22)37-16-23-15-19(3)18(2)14-20(23)4/h6-15,27H,16H2,1-5H3,(H,31,36)(H,30,32,34). The molecule has 2 N–H and O–H groups in total. The summed E-state index contributed by atoms with van der Waals surface area (Å²) in [6.45, 7) is 10.7. The second-order valence-corrected chi connectivity index (χ2v) is 9.55. The van der Waals surface area contributed by atoms with Crippen molar-refractivity contribution in [2.45, 2.75) is 47.3 Å². The highest BCUT2D eigenvalue weighted by Gasteiger charge is 2.34. The number of benzene rings is 3. The number of amides is 1. The van der Waals surface area contributed by atoms with Gasteiger partial charge in [0.1, 0.15) is 18.4 Å². The van der Waals surface area contributed by atoms with Crippen LogP contribution < -0.4 is 15.4 Å². The molecule has 0 saturated heterocycles. The summed E-state index contributed by atoms with van der Waals surface area (Å²) in [4.78, 5) is 13.5. The van der Waals surface area contributed by atoms with Gasteiger partial charge < -0.3 is 15.4 Å². The summed E-state index contributed by atoms with van der Waals surface area (Å²) in [6.07, 6.45) is 0. The Morgan fingerprint density at radius 1 is 0.946 bits per heavy atom. The van der Waals surface area contributed by atoms with Crippen molar-refractivity contribution in [3.05, 3.63) is 105 Å². The van der Waals surface area contributed by atoms with Crippen LogP contribution in [0.1, 0.15) is 46.3 Å². The molecule has 1 amide bonds. The van der Waals surface area contributed by atoms with Crippen molar-refractivity contribution in [3.63, 3.8) is 0 Å². The zero-order valence-electron chi connectivity index (χ0n) is 21.7. The Balaban J connectivity index is 1.40. The number of carbonyl (C=O) groups excluding carboxylic acids is 1. The van der Waals surface area contributed by atoms with E-state index in [2.05, 4.69) is 59.1 Å². The molecule has 1 aliphatic rings. The number of ether oxygens (including phenoxy) is 1. The molecule has 1 aromatic heterocycles. The first kappa shape index (κ1) is 24.2. The predicted octanol–water partition coefficient (Wildman–Crippen LogP) is 5.41. The zero-order valence-corrected chi connectivity index (χ0v) is 21.7. The van der Waals surface area contributed by atoms with Crippen molar-refractivity contribution in [3.8, 4) is 5.75 Å². The van der Waals surface area contributed by atoms with E-state index in [0.29, 0.717) is 23.8 Å². The van der Waals surface area contributed by atoms with E-state index < -0.39 is 6.04 Å². The summed E-state index contributed by atoms with van der Waals surface area (Å²) in [5.74, 6) is 1.02. The van der Waals surface area contributed by atoms with Crippen LogP contribution in [0.25, 0.3) is 0 Å². The fraction of sp³-hybridized carbons (Fsp3) is 0.241. The van der Waals surface area contributed by atoms with Gasteiger partial charge in [0.2, 0.25) is 5.95 Å². The van der Waals surface area contributed by atoms with Crippen LogP contribution in [0.15, 0.2) is 71.9 Å². The number of aryl methyl sites for hydroxylation is 4. The molecular weight excluding hydrogens is 464 g/mol. The number of nitrogens with one attached hydrogen (secondary N) is 2. The van der Waals surface area contributed by atoms with E-state index in [1.165, 1.54) is 16.7 Å². The van der Waals surface area contributed by atoms with Gasteiger partial charge >= 0.3 is 0 Å². The summed E-state index contributed by atoms with van der Waals surface area (Å²) in [7, 11) is 0. The van der Waals surface area contributed by atoms with Gasteiger partial charge in [-0.25, -0.2) is 0 Å². The summed E-state index contributed by atoms with van der Waals surface area (Å²) in [5, 5.41) is 18.2. The minimum Gasteiger partial charge on any atom is -0.489 e. The van der Waals surface area contributed by atoms with Crippen LogP contribution >= 0.6 is 0 Å². The SMILES string of the molecule is CC1=C(C(=O)Nc2ccc(C)cc2)C(c2ccc(OCc3cc(C)c(C)cc3C)cc2)n2nnnc2N1. The lowest BCUT2D eigenvalue weighted by Gasteiger charge is -2.28. The fourth-order valence-corrected chi connectivity index (χ4v) is 4.53. The normalized spacial score (nSPS) is 14.7. The average molecular weight is 495 g/mol. The van der Waals surface area contributed by atoms with E-state index in [-0.39, 0.29) is 5.91 Å². The molecule has 1 unspecified atom stereocenters. The van der Waals surface area contributed by atoms with Crippen LogP contribution in [0.3, 0.4) is 0 Å². The summed E-state index contributed by atoms with van der Waals surface area (Å²) < 4.78 is 7.73. The lowest BCUT2D eigenvalue weighted by molar-refractivity contribution is -0.113. The number of carbonyl (C=O) groups is 1. The molecule has 37 heavy (non-hydrogen) atoms. The smallest absolute Gasteiger partial charge is 0.255 e. The third kappa shape index (κ3) is 4.95. The predicted molar refractivity (Wildman–Crippen MR) is 144 cm³/mol. The first-order chi connectivity index (χ1) is 17.8. The van der Waals surface area contributed by atoms with Crippen molar-refractivity contribution in [2.75, 3.05) is 10.6 Å². The van der Waals surface area contributed by atoms with E-state index >= 15 is 0 Å². The summed E-state index contributed by atoms with van der Waals surface area (Å²) in [6, 6.07) is 19.3. The lowest BCUT2D eigenvalue weighted by atomic mass is 9.95. The van der Waals surface area contributed by atoms with E-state index in [1.807, 2.05) is 62.4 Å². The number of rotatable bonds is 6. The first-order valence-corrected chi connectivity index (χ1v) is 12.2. The second kappa shape index (κ2) is 9.89. The maximum absolute atomic E-state index is 13.5. The number of allylic oxidation sites excluding steroid dienone is 1. The molecule has 8 heteroatoms. The molecule has 0 radical (unpaired) electrons. The van der Waals surface area contributed by atoms with Crippen molar-refractivity contribution in [1.29, 1.82) is 0 Å². The quantitative estimate of drug-likeness (QED) is 0.372. The van der Waals surface area contributed by atoms with Crippen molar-refractivity contribution >= 4 is 17.5 Å². The maximum Gasteiger partial charge on any atom is 0.255 e. The maximum atomic E-state index is 13.5. The van der Waals surface area contributed by atoms with Crippen LogP contribution in [0.4, 0.5) is 11.6 Å². The van der Waals surface area contributed by atoms with Crippen LogP contribution in [-0.2, 0) is 11.4 Å². The Hall–Kier alpha value is -4.46. The molecule has 0 saturated carbocycles. The molecule has 0 spiro atoms. The van der Waals surface area contributed by atoms with E-state index in [9.17, 15) is 4.79 Å². The second-order valence-electron chi connectivity index (χ2n) is 9.55. The highest BCUT2D eigenvalue weighted by atomic mass is 16.5. The fourth-order valence-electron chi connectivity index (χ4n) is 4.53. The number of tetrazole rings is 1. The van der Waals surface area contributed by atoms with Gasteiger partial charge in [-0.15, -0.1) is 0 Å².